The number of anilines is 1. The third-order valence-electron chi connectivity index (χ3n) is 5.44. The summed E-state index contributed by atoms with van der Waals surface area (Å²) in [5.41, 5.74) is 15.6. The largest absolute Gasteiger partial charge is 0.496 e. The number of rotatable bonds is 7. The fourth-order valence-electron chi connectivity index (χ4n) is 3.49. The van der Waals surface area contributed by atoms with E-state index in [9.17, 15) is 4.79 Å². The van der Waals surface area contributed by atoms with Gasteiger partial charge in [-0.15, -0.1) is 0 Å². The van der Waals surface area contributed by atoms with Crippen molar-refractivity contribution >= 4 is 34.6 Å². The molecule has 0 saturated heterocycles. The lowest BCUT2D eigenvalue weighted by atomic mass is 10.1. The van der Waals surface area contributed by atoms with E-state index in [-0.39, 0.29) is 23.6 Å². The molecule has 180 valence electrons. The molecule has 4 N–H and O–H groups in total. The Kier molecular flexibility index (Phi) is 7.97. The highest BCUT2D eigenvalue weighted by Gasteiger charge is 2.19. The molecule has 3 heterocycles. The van der Waals surface area contributed by atoms with Crippen molar-refractivity contribution in [2.45, 2.75) is 46.7 Å². The molecule has 0 aliphatic rings. The van der Waals surface area contributed by atoms with Gasteiger partial charge in [-0.25, -0.2) is 4.98 Å². The van der Waals surface area contributed by atoms with Crippen LogP contribution in [0.4, 0.5) is 5.95 Å². The zero-order valence-electron chi connectivity index (χ0n) is 20.0. The molecule has 0 radical (unpaired) electrons. The average molecular weight is 485 g/mol. The molecule has 1 atom stereocenters. The molecule has 9 nitrogen and oxygen atoms in total. The lowest BCUT2D eigenvalue weighted by molar-refractivity contribution is -0.146. The molecule has 34 heavy (non-hydrogen) atoms. The Labute approximate surface area is 203 Å². The van der Waals surface area contributed by atoms with Gasteiger partial charge in [0.2, 0.25) is 5.95 Å². The number of hydrogen-bond acceptors (Lipinski definition) is 8. The molecule has 3 aromatic heterocycles. The van der Waals surface area contributed by atoms with Crippen LogP contribution < -0.4 is 16.2 Å². The highest BCUT2D eigenvalue weighted by atomic mass is 35.5. The van der Waals surface area contributed by atoms with Gasteiger partial charge in [0.1, 0.15) is 29.2 Å². The first-order chi connectivity index (χ1) is 16.1. The number of pyridine rings is 1. The lowest BCUT2D eigenvalue weighted by Gasteiger charge is -2.13. The Morgan fingerprint density at radius 2 is 2.03 bits per heavy atom. The third-order valence-corrected chi connectivity index (χ3v) is 5.72. The maximum atomic E-state index is 11.9. The minimum atomic E-state index is -0.648. The van der Waals surface area contributed by atoms with Gasteiger partial charge in [0, 0.05) is 29.9 Å². The molecule has 0 unspecified atom stereocenters. The third kappa shape index (κ3) is 5.41. The first-order valence-corrected chi connectivity index (χ1v) is 11.2. The zero-order chi connectivity index (χ0) is 25.0. The SMILES string of the molecule is COc1c(C)cnc(Cn2cc(C#CCCOC(=O)[C@H](N)C(C)C)c3c(Cl)nc(N)nc32)c1C. The molecule has 0 saturated carbocycles. The minimum Gasteiger partial charge on any atom is -0.496 e. The normalized spacial score (nSPS) is 11.9. The van der Waals surface area contributed by atoms with Gasteiger partial charge in [-0.1, -0.05) is 37.3 Å². The van der Waals surface area contributed by atoms with Crippen molar-refractivity contribution in [3.8, 4) is 17.6 Å². The molecule has 0 aliphatic carbocycles. The van der Waals surface area contributed by atoms with Crippen LogP contribution in [-0.2, 0) is 16.1 Å². The molecule has 10 heteroatoms. The first-order valence-electron chi connectivity index (χ1n) is 10.9. The Balaban J connectivity index is 1.88. The second-order valence-electron chi connectivity index (χ2n) is 8.28. The van der Waals surface area contributed by atoms with Crippen molar-refractivity contribution in [1.29, 1.82) is 0 Å². The molecule has 0 spiro atoms. The fraction of sp³-hybridized carbons (Fsp3) is 0.417. The molecule has 0 bridgehead atoms. The number of aromatic nitrogens is 4. The number of carbonyl (C=O) groups excluding carboxylic acids is 1. The van der Waals surface area contributed by atoms with Crippen LogP contribution in [0.25, 0.3) is 11.0 Å². The standard InChI is InChI=1S/C24H29ClN6O3/c1-13(2)19(26)23(32)34-9-7-6-8-16-11-31(22-18(16)21(25)29-24(27)30-22)12-17-15(4)20(33-5)14(3)10-28-17/h10-11,13,19H,7,9,12,26H2,1-5H3,(H2,27,29,30)/t19-/m1/s1. The maximum Gasteiger partial charge on any atom is 0.323 e. The molecule has 0 fully saturated rings. The number of fused-ring (bicyclic) bond motifs is 1. The van der Waals surface area contributed by atoms with Crippen LogP contribution in [0.15, 0.2) is 12.4 Å². The molecular weight excluding hydrogens is 456 g/mol. The number of halogens is 1. The maximum absolute atomic E-state index is 11.9. The average Bonchev–Trinajstić information content (AvgIpc) is 3.12. The summed E-state index contributed by atoms with van der Waals surface area (Å²) < 4.78 is 12.6. The monoisotopic (exact) mass is 484 g/mol. The summed E-state index contributed by atoms with van der Waals surface area (Å²) in [7, 11) is 1.64. The second-order valence-corrected chi connectivity index (χ2v) is 8.64. The van der Waals surface area contributed by atoms with E-state index in [1.54, 1.807) is 13.3 Å². The number of hydrogen-bond donors (Lipinski definition) is 2. The van der Waals surface area contributed by atoms with E-state index in [2.05, 4.69) is 26.8 Å². The highest BCUT2D eigenvalue weighted by molar-refractivity contribution is 6.34. The van der Waals surface area contributed by atoms with Crippen molar-refractivity contribution in [2.75, 3.05) is 19.5 Å². The number of ether oxygens (including phenoxy) is 2. The van der Waals surface area contributed by atoms with Gasteiger partial charge >= 0.3 is 5.97 Å². The van der Waals surface area contributed by atoms with Crippen LogP contribution >= 0.6 is 11.6 Å². The number of aryl methyl sites for hydroxylation is 1. The number of nitrogens with zero attached hydrogens (tertiary/aromatic N) is 4. The molecular formula is C24H29ClN6O3. The number of nitrogen functional groups attached to an aromatic ring is 1. The van der Waals surface area contributed by atoms with Crippen molar-refractivity contribution in [2.24, 2.45) is 11.7 Å². The van der Waals surface area contributed by atoms with Crippen molar-refractivity contribution in [3.05, 3.63) is 39.9 Å². The smallest absolute Gasteiger partial charge is 0.323 e. The number of carbonyl (C=O) groups is 1. The topological polar surface area (TPSA) is 131 Å². The summed E-state index contributed by atoms with van der Waals surface area (Å²) in [4.78, 5) is 24.9. The van der Waals surface area contributed by atoms with Gasteiger partial charge in [0.05, 0.1) is 30.3 Å². The van der Waals surface area contributed by atoms with Crippen molar-refractivity contribution in [3.63, 3.8) is 0 Å². The van der Waals surface area contributed by atoms with Crippen LogP contribution in [0, 0.1) is 31.6 Å². The van der Waals surface area contributed by atoms with Crippen LogP contribution in [0.1, 0.15) is 42.7 Å². The summed E-state index contributed by atoms with van der Waals surface area (Å²) in [6.07, 6.45) is 3.95. The molecule has 0 aliphatic heterocycles. The first kappa shape index (κ1) is 25.3. The lowest BCUT2D eigenvalue weighted by Crippen LogP contribution is -2.37. The minimum absolute atomic E-state index is 0.00548. The molecule has 3 rings (SSSR count). The highest BCUT2D eigenvalue weighted by Crippen LogP contribution is 2.29. The van der Waals surface area contributed by atoms with Crippen molar-refractivity contribution in [1.82, 2.24) is 19.5 Å². The van der Waals surface area contributed by atoms with Crippen LogP contribution in [0.3, 0.4) is 0 Å². The molecule has 3 aromatic rings. The van der Waals surface area contributed by atoms with Crippen LogP contribution in [0.5, 0.6) is 5.75 Å². The zero-order valence-corrected chi connectivity index (χ0v) is 20.7. The van der Waals surface area contributed by atoms with E-state index >= 15 is 0 Å². The van der Waals surface area contributed by atoms with Crippen LogP contribution in [0.2, 0.25) is 5.15 Å². The van der Waals surface area contributed by atoms with E-state index in [0.29, 0.717) is 29.6 Å². The van der Waals surface area contributed by atoms with Gasteiger partial charge in [0.15, 0.2) is 0 Å². The predicted molar refractivity (Wildman–Crippen MR) is 132 cm³/mol. The summed E-state index contributed by atoms with van der Waals surface area (Å²) in [6.45, 7) is 8.20. The van der Waals surface area contributed by atoms with E-state index in [4.69, 9.17) is 32.5 Å². The summed E-state index contributed by atoms with van der Waals surface area (Å²) in [6, 6.07) is -0.648. The second kappa shape index (κ2) is 10.7. The van der Waals surface area contributed by atoms with E-state index in [1.807, 2.05) is 38.5 Å². The summed E-state index contributed by atoms with van der Waals surface area (Å²) in [5, 5.41) is 0.810. The van der Waals surface area contributed by atoms with Crippen molar-refractivity contribution < 1.29 is 14.3 Å². The number of esters is 1. The summed E-state index contributed by atoms with van der Waals surface area (Å²) in [5.74, 6) is 6.52. The fourth-order valence-corrected chi connectivity index (χ4v) is 3.77. The Bertz CT molecular complexity index is 1280. The van der Waals surface area contributed by atoms with Gasteiger partial charge in [-0.2, -0.15) is 4.98 Å². The summed E-state index contributed by atoms with van der Waals surface area (Å²) >= 11 is 6.40. The number of nitrogens with two attached hydrogens (primary N) is 2. The van der Waals surface area contributed by atoms with Gasteiger partial charge in [0.25, 0.3) is 0 Å². The quantitative estimate of drug-likeness (QED) is 0.226. The van der Waals surface area contributed by atoms with Gasteiger partial charge in [-0.05, 0) is 19.8 Å². The Morgan fingerprint density at radius 3 is 2.71 bits per heavy atom. The van der Waals surface area contributed by atoms with Gasteiger partial charge in [-0.3, -0.25) is 9.78 Å². The molecule has 0 aromatic carbocycles. The molecule has 0 amide bonds. The van der Waals surface area contributed by atoms with E-state index in [1.165, 1.54) is 0 Å². The van der Waals surface area contributed by atoms with E-state index in [0.717, 1.165) is 22.6 Å². The Morgan fingerprint density at radius 1 is 1.29 bits per heavy atom. The predicted octanol–water partition coefficient (Wildman–Crippen LogP) is 3.00. The van der Waals surface area contributed by atoms with E-state index < -0.39 is 12.0 Å². The van der Waals surface area contributed by atoms with Gasteiger partial charge < -0.3 is 25.5 Å². The Hall–Kier alpha value is -3.35. The van der Waals surface area contributed by atoms with Crippen LogP contribution in [-0.4, -0.2) is 45.2 Å². The number of methoxy groups -OCH3 is 1.